The number of hydrogen-bond acceptors (Lipinski definition) is 6. The van der Waals surface area contributed by atoms with Gasteiger partial charge in [0.25, 0.3) is 17.9 Å². The predicted molar refractivity (Wildman–Crippen MR) is 172 cm³/mol. The number of nitrogens with one attached hydrogen (secondary N) is 1. The maximum atomic E-state index is 14.3. The van der Waals surface area contributed by atoms with Gasteiger partial charge in [-0.3, -0.25) is 14.5 Å². The Balaban J connectivity index is 1.57. The van der Waals surface area contributed by atoms with E-state index in [1.54, 1.807) is 25.1 Å². The third-order valence-corrected chi connectivity index (χ3v) is 9.96. The molecule has 47 heavy (non-hydrogen) atoms. The van der Waals surface area contributed by atoms with Crippen molar-refractivity contribution in [2.45, 2.75) is 40.6 Å². The summed E-state index contributed by atoms with van der Waals surface area (Å²) in [6, 6.07) is 7.00. The van der Waals surface area contributed by atoms with E-state index in [2.05, 4.69) is 0 Å². The van der Waals surface area contributed by atoms with E-state index in [0.29, 0.717) is 17.5 Å². The number of halogens is 7. The highest BCUT2D eigenvalue weighted by molar-refractivity contribution is 7.99. The number of likely N-dealkylation sites (N-methyl/N-ethyl adjacent to an activating group) is 1. The van der Waals surface area contributed by atoms with Crippen molar-refractivity contribution in [1.82, 2.24) is 19.7 Å². The Kier molecular flexibility index (Phi) is 10.3. The summed E-state index contributed by atoms with van der Waals surface area (Å²) in [5.74, 6) is -1.12. The molecule has 1 saturated heterocycles. The van der Waals surface area contributed by atoms with Crippen molar-refractivity contribution in [3.8, 4) is 5.75 Å². The van der Waals surface area contributed by atoms with E-state index < -0.39 is 53.1 Å². The Bertz CT molecular complexity index is 1750. The molecule has 3 aromatic rings. The van der Waals surface area contributed by atoms with Crippen molar-refractivity contribution >= 4 is 64.2 Å². The van der Waals surface area contributed by atoms with Gasteiger partial charge in [-0.15, -0.1) is 0 Å². The molecule has 2 aromatic carbocycles. The maximum Gasteiger partial charge on any atom is 0.362 e. The van der Waals surface area contributed by atoms with Crippen LogP contribution in [-0.2, 0) is 11.9 Å². The van der Waals surface area contributed by atoms with Gasteiger partial charge in [0.15, 0.2) is 0 Å². The van der Waals surface area contributed by atoms with E-state index in [1.165, 1.54) is 34.1 Å². The van der Waals surface area contributed by atoms with Crippen LogP contribution in [0.3, 0.4) is 0 Å². The summed E-state index contributed by atoms with van der Waals surface area (Å²) in [7, 11) is 3.51. The first-order valence-corrected chi connectivity index (χ1v) is 16.1. The number of phenols is 1. The van der Waals surface area contributed by atoms with E-state index >= 15 is 0 Å². The third kappa shape index (κ3) is 7.31. The van der Waals surface area contributed by atoms with Crippen LogP contribution in [0.25, 0.3) is 0 Å². The maximum absolute atomic E-state index is 14.3. The molecule has 2 aliphatic heterocycles. The first kappa shape index (κ1) is 35.1. The second-order valence-corrected chi connectivity index (χ2v) is 13.6. The molecule has 2 aliphatic rings. The summed E-state index contributed by atoms with van der Waals surface area (Å²) in [6.45, 7) is -0.297. The van der Waals surface area contributed by atoms with Crippen LogP contribution in [0.5, 0.6) is 5.75 Å². The van der Waals surface area contributed by atoms with Gasteiger partial charge in [-0.25, -0.2) is 13.6 Å². The number of H-pyrrole nitrogens is 1. The highest BCUT2D eigenvalue weighted by Crippen LogP contribution is 2.45. The second kappa shape index (κ2) is 13.7. The van der Waals surface area contributed by atoms with Crippen molar-refractivity contribution in [2.75, 3.05) is 45.2 Å². The van der Waals surface area contributed by atoms with Crippen LogP contribution in [0.4, 0.5) is 28.0 Å². The number of hydrogen-bond donors (Lipinski definition) is 2. The molecule has 9 nitrogen and oxygen atoms in total. The number of aromatic hydroxyl groups is 1. The minimum atomic E-state index is -3.97. The molecule has 0 spiro atoms. The van der Waals surface area contributed by atoms with E-state index in [-0.39, 0.29) is 57.5 Å². The Morgan fingerprint density at radius 3 is 2.45 bits per heavy atom. The Morgan fingerprint density at radius 2 is 1.83 bits per heavy atom. The second-order valence-electron chi connectivity index (χ2n) is 11.3. The zero-order valence-corrected chi connectivity index (χ0v) is 28.0. The molecular formula is C30H28Cl3F4N5O4S. The minimum Gasteiger partial charge on any atom is -0.506 e. The zero-order chi connectivity index (χ0) is 34.4. The molecule has 1 aromatic heterocycles. The molecule has 0 saturated carbocycles. The fraction of sp³-hybridized carbons (Fsp3) is 0.367. The van der Waals surface area contributed by atoms with Gasteiger partial charge in [0.2, 0.25) is 0 Å². The fourth-order valence-corrected chi connectivity index (χ4v) is 7.40. The molecule has 252 valence electrons. The van der Waals surface area contributed by atoms with Gasteiger partial charge < -0.3 is 24.8 Å². The first-order chi connectivity index (χ1) is 22.1. The topological polar surface area (TPSA) is 100 Å². The Labute approximate surface area is 286 Å². The number of urea groups is 1. The van der Waals surface area contributed by atoms with Crippen LogP contribution < -0.4 is 10.5 Å². The monoisotopic (exact) mass is 735 g/mol. The first-order valence-electron chi connectivity index (χ1n) is 14.2. The molecule has 1 unspecified atom stereocenters. The van der Waals surface area contributed by atoms with Gasteiger partial charge in [-0.1, -0.05) is 41.0 Å². The number of anilines is 1. The van der Waals surface area contributed by atoms with Crippen LogP contribution in [-0.4, -0.2) is 83.4 Å². The largest absolute Gasteiger partial charge is 0.506 e. The number of amides is 3. The number of rotatable bonds is 9. The highest BCUT2D eigenvalue weighted by Gasteiger charge is 2.40. The number of carbonyl (C=O) groups is 2. The van der Waals surface area contributed by atoms with E-state index in [1.807, 2.05) is 4.98 Å². The molecule has 3 heterocycles. The molecule has 1 fully saturated rings. The summed E-state index contributed by atoms with van der Waals surface area (Å²) < 4.78 is 54.6. The highest BCUT2D eigenvalue weighted by atomic mass is 35.5. The molecule has 17 heteroatoms. The van der Waals surface area contributed by atoms with Crippen molar-refractivity contribution in [1.29, 1.82) is 0 Å². The molecule has 2 N–H and O–H groups in total. The molecular weight excluding hydrogens is 709 g/mol. The number of aromatic amines is 1. The fourth-order valence-electron chi connectivity index (χ4n) is 5.66. The summed E-state index contributed by atoms with van der Waals surface area (Å²) in [5, 5.41) is 7.41. The lowest BCUT2D eigenvalue weighted by Gasteiger charge is -2.35. The molecule has 0 aliphatic carbocycles. The standard InChI is InChI=1S/C30H28Cl3F4N5O4S/c1-39(2)13-20-16-10-21(43)19(41-8-4-7-40(29(41)46)14-24(34)35)9-15(16)12-42(20)28(45)25-22(11-23(30(33,36)37)38-27(25)44)47-26-17(31)5-3-6-18(26)32/h3,5-6,9-11,20,24,43H,4,7-8,12-14H2,1-2H3,(H,38,44). The number of phenolic OH excluding ortho intramolecular Hbond substituents is 1. The Hall–Kier alpha value is -3.17. The normalized spacial score (nSPS) is 16.9. The van der Waals surface area contributed by atoms with Crippen molar-refractivity contribution in [3.05, 3.63) is 79.2 Å². The molecule has 0 radical (unpaired) electrons. The average Bonchev–Trinajstić information content (AvgIpc) is 3.31. The van der Waals surface area contributed by atoms with Gasteiger partial charge >= 0.3 is 11.4 Å². The average molecular weight is 737 g/mol. The number of nitrogens with zero attached hydrogens (tertiary/aromatic N) is 4. The summed E-state index contributed by atoms with van der Waals surface area (Å²) in [6.07, 6.45) is -2.34. The summed E-state index contributed by atoms with van der Waals surface area (Å²) >= 11 is 18.7. The van der Waals surface area contributed by atoms with Crippen LogP contribution in [0, 0.1) is 0 Å². The van der Waals surface area contributed by atoms with Crippen LogP contribution >= 0.6 is 46.6 Å². The number of fused-ring (bicyclic) bond motifs is 1. The van der Waals surface area contributed by atoms with Gasteiger partial charge in [0.1, 0.15) is 17.0 Å². The lowest BCUT2D eigenvalue weighted by molar-refractivity contribution is 0.0656. The number of benzene rings is 2. The molecule has 0 bridgehead atoms. The van der Waals surface area contributed by atoms with Gasteiger partial charge in [-0.05, 0) is 73.6 Å². The Morgan fingerprint density at radius 1 is 1.15 bits per heavy atom. The van der Waals surface area contributed by atoms with Crippen molar-refractivity contribution in [3.63, 3.8) is 0 Å². The molecule has 5 rings (SSSR count). The molecule has 3 amide bonds. The minimum absolute atomic E-state index is 0.0850. The third-order valence-electron chi connectivity index (χ3n) is 7.72. The number of pyridine rings is 1. The predicted octanol–water partition coefficient (Wildman–Crippen LogP) is 6.98. The number of alkyl halides is 5. The lowest BCUT2D eigenvalue weighted by Crippen LogP contribution is -2.50. The number of carbonyl (C=O) groups excluding carboxylic acids is 2. The quantitative estimate of drug-likeness (QED) is 0.182. The smallest absolute Gasteiger partial charge is 0.362 e. The van der Waals surface area contributed by atoms with Crippen LogP contribution in [0.1, 0.15) is 39.6 Å². The SMILES string of the molecule is CN(C)CC1c2cc(O)c(N3CCCN(CC(F)F)C3=O)cc2CN1C(=O)c1c(Sc2c(Cl)cccc2Cl)cc(C(F)(F)Cl)[nH]c1=O. The van der Waals surface area contributed by atoms with Crippen LogP contribution in [0.2, 0.25) is 10.0 Å². The van der Waals surface area contributed by atoms with Gasteiger partial charge in [-0.2, -0.15) is 8.78 Å². The molecule has 1 atom stereocenters. The summed E-state index contributed by atoms with van der Waals surface area (Å²) in [4.78, 5) is 48.2. The lowest BCUT2D eigenvalue weighted by atomic mass is 10.0. The number of aromatic nitrogens is 1. The zero-order valence-electron chi connectivity index (χ0n) is 24.9. The van der Waals surface area contributed by atoms with Crippen molar-refractivity contribution in [2.24, 2.45) is 0 Å². The van der Waals surface area contributed by atoms with E-state index in [4.69, 9.17) is 34.8 Å². The van der Waals surface area contributed by atoms with Crippen LogP contribution in [0.15, 0.2) is 51.0 Å². The van der Waals surface area contributed by atoms with E-state index in [0.717, 1.165) is 22.7 Å². The van der Waals surface area contributed by atoms with Gasteiger partial charge in [0, 0.05) is 36.0 Å². The van der Waals surface area contributed by atoms with Gasteiger partial charge in [0.05, 0.1) is 28.3 Å². The van der Waals surface area contributed by atoms with Crippen molar-refractivity contribution < 1.29 is 32.3 Å². The van der Waals surface area contributed by atoms with E-state index in [9.17, 15) is 37.1 Å². The summed E-state index contributed by atoms with van der Waals surface area (Å²) in [5.41, 5.74) is -1.40.